The summed E-state index contributed by atoms with van der Waals surface area (Å²) in [6.07, 6.45) is 11.8. The van der Waals surface area contributed by atoms with Crippen molar-refractivity contribution >= 4 is 0 Å². The maximum absolute atomic E-state index is 11.8. The van der Waals surface area contributed by atoms with Gasteiger partial charge in [-0.25, -0.2) is 0 Å². The van der Waals surface area contributed by atoms with Crippen LogP contribution in [0.25, 0.3) is 11.1 Å². The predicted molar refractivity (Wildman–Crippen MR) is 202 cm³/mol. The predicted octanol–water partition coefficient (Wildman–Crippen LogP) is 9.06. The van der Waals surface area contributed by atoms with Crippen LogP contribution in [0.1, 0.15) is 106 Å². The first-order valence-corrected chi connectivity index (χ1v) is 19.2. The molecule has 3 aliphatic rings. The Hall–Kier alpha value is -3.68. The number of aliphatic hydroxyl groups is 2. The summed E-state index contributed by atoms with van der Waals surface area (Å²) >= 11 is 0. The second-order valence-corrected chi connectivity index (χ2v) is 15.7. The van der Waals surface area contributed by atoms with Gasteiger partial charge < -0.3 is 34.6 Å². The second-order valence-electron chi connectivity index (χ2n) is 15.7. The average Bonchev–Trinajstić information content (AvgIpc) is 3.11. The number of fused-ring (bicyclic) bond motifs is 5. The number of rotatable bonds is 13. The molecule has 7 heteroatoms. The summed E-state index contributed by atoms with van der Waals surface area (Å²) in [4.78, 5) is 0. The van der Waals surface area contributed by atoms with Gasteiger partial charge in [0.25, 0.3) is 0 Å². The Bertz CT molecular complexity index is 1710. The van der Waals surface area contributed by atoms with Crippen molar-refractivity contribution in [2.45, 2.75) is 104 Å². The standard InChI is InChI=1S/C44H58O7/c1-7-8-9-10-26(4)32-18-28(12-11-27(32)15-16-45)33-19-30-21-37(47)31(17-25(2)3)20-34(30)43-41(50-6)24-39-35(42(33)43)23-38(48)44(51-39)29-13-14-36(46)40(22-29)49-5/h11-14,20-22,24-28,32-33,38,44-48H,7-10,15-19,23H2,1-6H3/t26-,27-,28+,32-,33+,38+,44-/m0/s1. The summed E-state index contributed by atoms with van der Waals surface area (Å²) in [6.45, 7) is 9.16. The van der Waals surface area contributed by atoms with Gasteiger partial charge in [0.15, 0.2) is 11.5 Å². The molecule has 6 rings (SSSR count). The highest BCUT2D eigenvalue weighted by atomic mass is 16.5. The largest absolute Gasteiger partial charge is 0.508 e. The summed E-state index contributed by atoms with van der Waals surface area (Å²) in [7, 11) is 3.21. The van der Waals surface area contributed by atoms with E-state index in [1.54, 1.807) is 25.3 Å². The lowest BCUT2D eigenvalue weighted by molar-refractivity contribution is 0.0200. The van der Waals surface area contributed by atoms with Crippen LogP contribution in [0.4, 0.5) is 0 Å². The lowest BCUT2D eigenvalue weighted by Gasteiger charge is -2.43. The van der Waals surface area contributed by atoms with Gasteiger partial charge in [-0.3, -0.25) is 0 Å². The van der Waals surface area contributed by atoms with Crippen LogP contribution < -0.4 is 14.2 Å². The Labute approximate surface area is 304 Å². The van der Waals surface area contributed by atoms with Crippen LogP contribution in [0, 0.1) is 29.6 Å². The van der Waals surface area contributed by atoms with Crippen LogP contribution in [-0.4, -0.2) is 47.4 Å². The van der Waals surface area contributed by atoms with Gasteiger partial charge in [0.05, 0.1) is 20.3 Å². The number of phenols is 2. The summed E-state index contributed by atoms with van der Waals surface area (Å²) < 4.78 is 18.3. The molecule has 3 aromatic rings. The van der Waals surface area contributed by atoms with Crippen molar-refractivity contribution in [3.05, 3.63) is 76.4 Å². The minimum Gasteiger partial charge on any atom is -0.508 e. The Morgan fingerprint density at radius 3 is 2.41 bits per heavy atom. The van der Waals surface area contributed by atoms with E-state index in [2.05, 4.69) is 45.9 Å². The normalized spacial score (nSPS) is 24.3. The van der Waals surface area contributed by atoms with E-state index >= 15 is 0 Å². The molecule has 0 aromatic heterocycles. The Morgan fingerprint density at radius 1 is 0.922 bits per heavy atom. The van der Waals surface area contributed by atoms with Crippen LogP contribution in [0.2, 0.25) is 0 Å². The molecule has 0 unspecified atom stereocenters. The molecule has 7 atom stereocenters. The lowest BCUT2D eigenvalue weighted by atomic mass is 9.63. The topological polar surface area (TPSA) is 109 Å². The van der Waals surface area contributed by atoms with Gasteiger partial charge in [-0.1, -0.05) is 71.6 Å². The molecule has 2 aliphatic carbocycles. The molecule has 3 aromatic carbocycles. The third-order valence-electron chi connectivity index (χ3n) is 11.9. The van der Waals surface area contributed by atoms with Gasteiger partial charge in [-0.15, -0.1) is 0 Å². The van der Waals surface area contributed by atoms with Crippen LogP contribution in [0.3, 0.4) is 0 Å². The third-order valence-corrected chi connectivity index (χ3v) is 11.9. The molecule has 1 heterocycles. The molecule has 4 N–H and O–H groups in total. The zero-order valence-corrected chi connectivity index (χ0v) is 31.3. The first-order valence-electron chi connectivity index (χ1n) is 19.2. The van der Waals surface area contributed by atoms with E-state index in [0.29, 0.717) is 47.3 Å². The molecule has 0 fully saturated rings. The molecule has 7 nitrogen and oxygen atoms in total. The number of unbranched alkanes of at least 4 members (excludes halogenated alkanes) is 2. The molecule has 1 aliphatic heterocycles. The van der Waals surface area contributed by atoms with Crippen molar-refractivity contribution in [1.82, 2.24) is 0 Å². The van der Waals surface area contributed by atoms with E-state index in [4.69, 9.17) is 14.2 Å². The second kappa shape index (κ2) is 15.9. The van der Waals surface area contributed by atoms with Gasteiger partial charge in [0, 0.05) is 30.2 Å². The molecule has 51 heavy (non-hydrogen) atoms. The SMILES string of the molecule is CCCCC[C@H](C)[C@@H]1C[C@H]([C@H]2Cc3cc(O)c(CC(C)C)cc3-c3c(OC)cc4c(c32)C[C@@H](O)[C@H](c2ccc(O)c(OC)c2)O4)C=C[C@H]1CCO. The van der Waals surface area contributed by atoms with E-state index in [-0.39, 0.29) is 24.2 Å². The molecule has 0 saturated heterocycles. The first kappa shape index (κ1) is 37.1. The maximum Gasteiger partial charge on any atom is 0.160 e. The fraction of sp³-hybridized carbons (Fsp3) is 0.545. The maximum atomic E-state index is 11.8. The van der Waals surface area contributed by atoms with E-state index in [0.717, 1.165) is 64.8 Å². The number of aliphatic hydroxyl groups excluding tert-OH is 2. The number of hydrogen-bond donors (Lipinski definition) is 4. The van der Waals surface area contributed by atoms with Gasteiger partial charge in [0.1, 0.15) is 23.4 Å². The van der Waals surface area contributed by atoms with Crippen molar-refractivity contribution in [2.24, 2.45) is 29.6 Å². The quantitative estimate of drug-likeness (QED) is 0.104. The molecule has 276 valence electrons. The molecular weight excluding hydrogens is 640 g/mol. The van der Waals surface area contributed by atoms with Crippen LogP contribution >= 0.6 is 0 Å². The highest BCUT2D eigenvalue weighted by Crippen LogP contribution is 2.56. The molecule has 0 bridgehead atoms. The molecule has 0 saturated carbocycles. The highest BCUT2D eigenvalue weighted by molar-refractivity contribution is 5.83. The van der Waals surface area contributed by atoms with Crippen molar-refractivity contribution in [2.75, 3.05) is 20.8 Å². The van der Waals surface area contributed by atoms with Gasteiger partial charge >= 0.3 is 0 Å². The fourth-order valence-corrected chi connectivity index (χ4v) is 9.28. The fourth-order valence-electron chi connectivity index (χ4n) is 9.28. The minimum absolute atomic E-state index is 0.0341. The van der Waals surface area contributed by atoms with E-state index in [1.165, 1.54) is 38.4 Å². The Morgan fingerprint density at radius 2 is 1.71 bits per heavy atom. The third kappa shape index (κ3) is 7.48. The van der Waals surface area contributed by atoms with Crippen molar-refractivity contribution in [3.8, 4) is 39.9 Å². The van der Waals surface area contributed by atoms with Gasteiger partial charge in [-0.2, -0.15) is 0 Å². The average molecular weight is 699 g/mol. The number of aromatic hydroxyl groups is 2. The number of ether oxygens (including phenoxy) is 3. The van der Waals surface area contributed by atoms with E-state index in [9.17, 15) is 20.4 Å². The molecular formula is C44H58O7. The van der Waals surface area contributed by atoms with Crippen LogP contribution in [-0.2, 0) is 19.3 Å². The summed E-state index contributed by atoms with van der Waals surface area (Å²) in [6, 6.07) is 11.2. The minimum atomic E-state index is -0.829. The lowest BCUT2D eigenvalue weighted by Crippen LogP contribution is -2.34. The Balaban J connectivity index is 1.49. The van der Waals surface area contributed by atoms with Crippen LogP contribution in [0.15, 0.2) is 48.6 Å². The number of hydrogen-bond acceptors (Lipinski definition) is 7. The highest BCUT2D eigenvalue weighted by Gasteiger charge is 2.42. The van der Waals surface area contributed by atoms with Gasteiger partial charge in [0.2, 0.25) is 0 Å². The van der Waals surface area contributed by atoms with Gasteiger partial charge in [-0.05, 0) is 113 Å². The zero-order valence-electron chi connectivity index (χ0n) is 31.3. The summed E-state index contributed by atoms with van der Waals surface area (Å²) in [5.74, 6) is 4.12. The Kier molecular flexibility index (Phi) is 11.6. The first-order chi connectivity index (χ1) is 24.6. The summed E-state index contributed by atoms with van der Waals surface area (Å²) in [5, 5.41) is 43.3. The summed E-state index contributed by atoms with van der Waals surface area (Å²) in [5.41, 5.74) is 7.05. The van der Waals surface area contributed by atoms with Crippen molar-refractivity contribution in [3.63, 3.8) is 0 Å². The smallest absolute Gasteiger partial charge is 0.160 e. The molecule has 0 amide bonds. The van der Waals surface area contributed by atoms with E-state index < -0.39 is 12.2 Å². The van der Waals surface area contributed by atoms with E-state index in [1.807, 2.05) is 12.1 Å². The number of allylic oxidation sites excluding steroid dienone is 2. The monoisotopic (exact) mass is 698 g/mol. The number of methoxy groups -OCH3 is 2. The zero-order chi connectivity index (χ0) is 36.4. The van der Waals surface area contributed by atoms with Crippen molar-refractivity contribution < 1.29 is 34.6 Å². The molecule has 0 radical (unpaired) electrons. The van der Waals surface area contributed by atoms with Crippen LogP contribution in [0.5, 0.6) is 28.7 Å². The number of phenolic OH excluding ortho intramolecular Hbond substituents is 2. The van der Waals surface area contributed by atoms with Crippen molar-refractivity contribution in [1.29, 1.82) is 0 Å². The number of benzene rings is 3. The molecule has 0 spiro atoms.